The molecule has 6 nitrogen and oxygen atoms in total. The summed E-state index contributed by atoms with van der Waals surface area (Å²) in [6.07, 6.45) is 4.07. The molecule has 1 aliphatic rings. The van der Waals surface area contributed by atoms with Crippen LogP contribution in [0.3, 0.4) is 0 Å². The van der Waals surface area contributed by atoms with Gasteiger partial charge in [-0.25, -0.2) is 4.98 Å². The van der Waals surface area contributed by atoms with Gasteiger partial charge < -0.3 is 20.4 Å². The average Bonchev–Trinajstić information content (AvgIpc) is 3.20. The van der Waals surface area contributed by atoms with Crippen LogP contribution in [0.4, 0.5) is 10.8 Å². The van der Waals surface area contributed by atoms with Crippen molar-refractivity contribution in [3.63, 3.8) is 0 Å². The van der Waals surface area contributed by atoms with E-state index < -0.39 is 0 Å². The summed E-state index contributed by atoms with van der Waals surface area (Å²) in [6, 6.07) is 8.86. The Morgan fingerprint density at radius 2 is 2.12 bits per heavy atom. The fourth-order valence-corrected chi connectivity index (χ4v) is 4.02. The highest BCUT2D eigenvalue weighted by Crippen LogP contribution is 2.24. The summed E-state index contributed by atoms with van der Waals surface area (Å²) in [5.74, 6) is 1.84. The molecule has 140 valence electrons. The van der Waals surface area contributed by atoms with E-state index in [1.54, 1.807) is 0 Å². The number of thiophene rings is 1. The Hall–Kier alpha value is -2.28. The normalized spacial score (nSPS) is 15.8. The molecule has 0 unspecified atom stereocenters. The van der Waals surface area contributed by atoms with Crippen molar-refractivity contribution in [1.29, 1.82) is 0 Å². The lowest BCUT2D eigenvalue weighted by molar-refractivity contribution is 0.463. The van der Waals surface area contributed by atoms with Gasteiger partial charge in [0.2, 0.25) is 0 Å². The molecule has 1 saturated heterocycles. The fourth-order valence-electron chi connectivity index (χ4n) is 3.23. The standard InChI is InChI=1S/C19H28N6S/c1-20-19(22-14-15-6-4-10-21-18(15)24(2)3)23-16-8-11-25(12-9-16)17-7-5-13-26-17/h4-7,10,13,16H,8-9,11-12,14H2,1-3H3,(H2,20,22,23). The molecule has 3 heterocycles. The van der Waals surface area contributed by atoms with Crippen molar-refractivity contribution in [2.75, 3.05) is 44.0 Å². The van der Waals surface area contributed by atoms with Crippen LogP contribution in [-0.4, -0.2) is 51.2 Å². The minimum Gasteiger partial charge on any atom is -0.363 e. The SMILES string of the molecule is CN=C(NCc1cccnc1N(C)C)NC1CCN(c2cccs2)CC1. The first-order valence-electron chi connectivity index (χ1n) is 9.04. The summed E-state index contributed by atoms with van der Waals surface area (Å²) in [5.41, 5.74) is 1.16. The summed E-state index contributed by atoms with van der Waals surface area (Å²) in [5, 5.41) is 10.5. The molecule has 0 radical (unpaired) electrons. The first-order chi connectivity index (χ1) is 12.7. The number of pyridine rings is 1. The number of guanidine groups is 1. The number of hydrogen-bond acceptors (Lipinski definition) is 5. The Morgan fingerprint density at radius 3 is 2.77 bits per heavy atom. The average molecular weight is 373 g/mol. The third-order valence-electron chi connectivity index (χ3n) is 4.61. The van der Waals surface area contributed by atoms with Gasteiger partial charge in [-0.05, 0) is 36.4 Å². The van der Waals surface area contributed by atoms with E-state index in [4.69, 9.17) is 0 Å². The molecule has 0 atom stereocenters. The Labute approximate surface area is 160 Å². The highest BCUT2D eigenvalue weighted by Gasteiger charge is 2.20. The van der Waals surface area contributed by atoms with Gasteiger partial charge in [0, 0.05) is 58.6 Å². The van der Waals surface area contributed by atoms with E-state index in [1.165, 1.54) is 5.00 Å². The van der Waals surface area contributed by atoms with E-state index in [9.17, 15) is 0 Å². The van der Waals surface area contributed by atoms with Crippen LogP contribution in [0.15, 0.2) is 40.8 Å². The highest BCUT2D eigenvalue weighted by molar-refractivity contribution is 7.14. The monoisotopic (exact) mass is 372 g/mol. The first-order valence-corrected chi connectivity index (χ1v) is 9.92. The molecule has 26 heavy (non-hydrogen) atoms. The van der Waals surface area contributed by atoms with Crippen molar-refractivity contribution in [3.05, 3.63) is 41.4 Å². The number of nitrogens with one attached hydrogen (secondary N) is 2. The van der Waals surface area contributed by atoms with E-state index in [1.807, 2.05) is 49.6 Å². The predicted molar refractivity (Wildman–Crippen MR) is 111 cm³/mol. The highest BCUT2D eigenvalue weighted by atomic mass is 32.1. The van der Waals surface area contributed by atoms with E-state index in [2.05, 4.69) is 49.1 Å². The largest absolute Gasteiger partial charge is 0.363 e. The molecule has 0 aromatic carbocycles. The van der Waals surface area contributed by atoms with Crippen molar-refractivity contribution in [2.24, 2.45) is 4.99 Å². The second-order valence-electron chi connectivity index (χ2n) is 6.66. The van der Waals surface area contributed by atoms with Gasteiger partial charge in [0.1, 0.15) is 5.82 Å². The molecule has 1 fully saturated rings. The lowest BCUT2D eigenvalue weighted by Gasteiger charge is -2.33. The zero-order valence-electron chi connectivity index (χ0n) is 15.8. The summed E-state index contributed by atoms with van der Waals surface area (Å²) >= 11 is 1.82. The van der Waals surface area contributed by atoms with Crippen LogP contribution in [0.2, 0.25) is 0 Å². The molecular weight excluding hydrogens is 344 g/mol. The van der Waals surface area contributed by atoms with Gasteiger partial charge in [0.15, 0.2) is 5.96 Å². The topological polar surface area (TPSA) is 55.8 Å². The Morgan fingerprint density at radius 1 is 1.31 bits per heavy atom. The molecule has 0 bridgehead atoms. The summed E-state index contributed by atoms with van der Waals surface area (Å²) in [7, 11) is 5.85. The molecular formula is C19H28N6S. The number of piperidine rings is 1. The van der Waals surface area contributed by atoms with Crippen LogP contribution in [0.5, 0.6) is 0 Å². The maximum absolute atomic E-state index is 4.45. The molecule has 7 heteroatoms. The quantitative estimate of drug-likeness (QED) is 0.624. The maximum atomic E-state index is 4.45. The minimum atomic E-state index is 0.458. The Bertz CT molecular complexity index is 705. The second-order valence-corrected chi connectivity index (χ2v) is 7.59. The number of aromatic nitrogens is 1. The minimum absolute atomic E-state index is 0.458. The Balaban J connectivity index is 1.50. The molecule has 1 aliphatic heterocycles. The zero-order chi connectivity index (χ0) is 18.4. The van der Waals surface area contributed by atoms with Crippen LogP contribution in [-0.2, 0) is 6.54 Å². The number of rotatable bonds is 5. The third kappa shape index (κ3) is 4.66. The van der Waals surface area contributed by atoms with Crippen molar-refractivity contribution in [2.45, 2.75) is 25.4 Å². The van der Waals surface area contributed by atoms with Crippen LogP contribution >= 0.6 is 11.3 Å². The van der Waals surface area contributed by atoms with Gasteiger partial charge in [-0.3, -0.25) is 4.99 Å². The first kappa shape index (κ1) is 18.5. The van der Waals surface area contributed by atoms with Gasteiger partial charge in [0.25, 0.3) is 0 Å². The fraction of sp³-hybridized carbons (Fsp3) is 0.474. The lowest BCUT2D eigenvalue weighted by Crippen LogP contribution is -2.48. The van der Waals surface area contributed by atoms with Gasteiger partial charge >= 0.3 is 0 Å². The molecule has 3 rings (SSSR count). The smallest absolute Gasteiger partial charge is 0.191 e. The molecule has 0 aliphatic carbocycles. The zero-order valence-corrected chi connectivity index (χ0v) is 16.6. The molecule has 0 amide bonds. The summed E-state index contributed by atoms with van der Waals surface area (Å²) in [6.45, 7) is 2.88. The number of hydrogen-bond donors (Lipinski definition) is 2. The van der Waals surface area contributed by atoms with E-state index in [0.29, 0.717) is 12.6 Å². The third-order valence-corrected chi connectivity index (χ3v) is 5.54. The van der Waals surface area contributed by atoms with Gasteiger partial charge in [-0.15, -0.1) is 11.3 Å². The maximum Gasteiger partial charge on any atom is 0.191 e. The van der Waals surface area contributed by atoms with Crippen LogP contribution in [0.25, 0.3) is 0 Å². The number of nitrogens with zero attached hydrogens (tertiary/aromatic N) is 4. The van der Waals surface area contributed by atoms with Crippen LogP contribution in [0.1, 0.15) is 18.4 Å². The van der Waals surface area contributed by atoms with Crippen molar-refractivity contribution >= 4 is 28.1 Å². The molecule has 2 aromatic rings. The number of anilines is 2. The molecule has 2 N–H and O–H groups in total. The van der Waals surface area contributed by atoms with E-state index >= 15 is 0 Å². The van der Waals surface area contributed by atoms with E-state index in [0.717, 1.165) is 43.3 Å². The van der Waals surface area contributed by atoms with Crippen molar-refractivity contribution in [3.8, 4) is 0 Å². The molecule has 2 aromatic heterocycles. The Kier molecular flexibility index (Phi) is 6.33. The lowest BCUT2D eigenvalue weighted by atomic mass is 10.1. The number of aliphatic imine (C=N–C) groups is 1. The van der Waals surface area contributed by atoms with Crippen molar-refractivity contribution in [1.82, 2.24) is 15.6 Å². The van der Waals surface area contributed by atoms with Gasteiger partial charge in [0.05, 0.1) is 5.00 Å². The second kappa shape index (κ2) is 8.89. The van der Waals surface area contributed by atoms with Crippen LogP contribution < -0.4 is 20.4 Å². The van der Waals surface area contributed by atoms with Crippen molar-refractivity contribution < 1.29 is 0 Å². The molecule has 0 saturated carbocycles. The van der Waals surface area contributed by atoms with Crippen LogP contribution in [0, 0.1) is 0 Å². The summed E-state index contributed by atoms with van der Waals surface area (Å²) in [4.78, 5) is 13.3. The predicted octanol–water partition coefficient (Wildman–Crippen LogP) is 2.54. The van der Waals surface area contributed by atoms with Gasteiger partial charge in [-0.1, -0.05) is 6.07 Å². The summed E-state index contributed by atoms with van der Waals surface area (Å²) < 4.78 is 0. The molecule has 0 spiro atoms. The van der Waals surface area contributed by atoms with Gasteiger partial charge in [-0.2, -0.15) is 0 Å². The van der Waals surface area contributed by atoms with E-state index in [-0.39, 0.29) is 0 Å².